The number of hydrogen-bond acceptors (Lipinski definition) is 2. The summed E-state index contributed by atoms with van der Waals surface area (Å²) in [7, 11) is 0. The smallest absolute Gasteiger partial charge is 0.550 e. The molecule has 1 aliphatic carbocycles. The van der Waals surface area contributed by atoms with Crippen molar-refractivity contribution in [2.75, 3.05) is 0 Å². The Kier molecular flexibility index (Phi) is 5.65. The molecule has 2 nitrogen and oxygen atoms in total. The fraction of sp³-hybridized carbons (Fsp3) is 0.471. The van der Waals surface area contributed by atoms with Gasteiger partial charge < -0.3 is 9.90 Å². The van der Waals surface area contributed by atoms with E-state index in [2.05, 4.69) is 24.3 Å². The number of rotatable bonds is 3. The second-order valence-corrected chi connectivity index (χ2v) is 6.26. The van der Waals surface area contributed by atoms with Gasteiger partial charge in [0.2, 0.25) is 0 Å². The fourth-order valence-electron chi connectivity index (χ4n) is 3.03. The van der Waals surface area contributed by atoms with Crippen molar-refractivity contribution in [3.63, 3.8) is 0 Å². The third-order valence-electron chi connectivity index (χ3n) is 5.08. The first-order valence-corrected chi connectivity index (χ1v) is 6.82. The molecule has 0 N–H and O–H groups in total. The predicted octanol–water partition coefficient (Wildman–Crippen LogP) is -0.104. The summed E-state index contributed by atoms with van der Waals surface area (Å²) < 4.78 is 0. The summed E-state index contributed by atoms with van der Waals surface area (Å²) in [6.45, 7) is 5.89. The molecule has 0 bridgehead atoms. The summed E-state index contributed by atoms with van der Waals surface area (Å²) in [5, 5.41) is 11.4. The number of allylic oxidation sites excluding steroid dienone is 1. The number of hydrogen-bond donors (Lipinski definition) is 0. The Labute approximate surface area is 143 Å². The SMILES string of the molecule is CC1(C(=O)[O-])CCC(/C=C/c2ccccc2)C1(C)C.[Na+]. The molecule has 0 saturated heterocycles. The predicted molar refractivity (Wildman–Crippen MR) is 75.1 cm³/mol. The third-order valence-corrected chi connectivity index (χ3v) is 5.08. The molecule has 0 spiro atoms. The van der Waals surface area contributed by atoms with Gasteiger partial charge in [-0.3, -0.25) is 0 Å². The number of carbonyl (C=O) groups is 1. The molecular weight excluding hydrogens is 259 g/mol. The zero-order valence-electron chi connectivity index (χ0n) is 12.8. The molecule has 1 saturated carbocycles. The molecule has 1 aliphatic rings. The average Bonchev–Trinajstić information content (AvgIpc) is 2.61. The monoisotopic (exact) mass is 280 g/mol. The van der Waals surface area contributed by atoms with Crippen LogP contribution in [0.2, 0.25) is 0 Å². The average molecular weight is 280 g/mol. The van der Waals surface area contributed by atoms with Gasteiger partial charge in [0, 0.05) is 11.4 Å². The summed E-state index contributed by atoms with van der Waals surface area (Å²) in [5.41, 5.74) is 0.135. The van der Waals surface area contributed by atoms with E-state index in [0.29, 0.717) is 6.42 Å². The third kappa shape index (κ3) is 3.03. The zero-order valence-corrected chi connectivity index (χ0v) is 14.8. The molecule has 2 atom stereocenters. The van der Waals surface area contributed by atoms with Crippen LogP contribution in [-0.4, -0.2) is 5.97 Å². The maximum atomic E-state index is 11.4. The number of carboxylic acids is 1. The first-order chi connectivity index (χ1) is 8.88. The van der Waals surface area contributed by atoms with Crippen LogP contribution in [0.4, 0.5) is 0 Å². The maximum Gasteiger partial charge on any atom is 1.00 e. The molecule has 0 aromatic heterocycles. The minimum Gasteiger partial charge on any atom is -0.550 e. The van der Waals surface area contributed by atoms with Crippen LogP contribution in [0.25, 0.3) is 6.08 Å². The van der Waals surface area contributed by atoms with Crippen LogP contribution in [0.1, 0.15) is 39.2 Å². The van der Waals surface area contributed by atoms with Crippen LogP contribution in [-0.2, 0) is 4.79 Å². The molecule has 0 amide bonds. The number of aliphatic carboxylic acids is 1. The van der Waals surface area contributed by atoms with Crippen molar-refractivity contribution in [1.82, 2.24) is 0 Å². The van der Waals surface area contributed by atoms with Gasteiger partial charge >= 0.3 is 29.6 Å². The molecule has 2 rings (SSSR count). The van der Waals surface area contributed by atoms with Gasteiger partial charge in [-0.1, -0.05) is 63.3 Å². The molecule has 102 valence electrons. The molecule has 1 aromatic carbocycles. The zero-order chi connectivity index (χ0) is 14.1. The van der Waals surface area contributed by atoms with E-state index in [4.69, 9.17) is 0 Å². The van der Waals surface area contributed by atoms with Gasteiger partial charge in [0.15, 0.2) is 0 Å². The van der Waals surface area contributed by atoms with Crippen molar-refractivity contribution in [2.45, 2.75) is 33.6 Å². The fourth-order valence-corrected chi connectivity index (χ4v) is 3.03. The van der Waals surface area contributed by atoms with E-state index in [0.717, 1.165) is 12.0 Å². The summed E-state index contributed by atoms with van der Waals surface area (Å²) in [4.78, 5) is 11.4. The molecule has 3 heteroatoms. The molecule has 1 aromatic rings. The minimum absolute atomic E-state index is 0. The van der Waals surface area contributed by atoms with Gasteiger partial charge in [-0.05, 0) is 29.7 Å². The van der Waals surface area contributed by atoms with Gasteiger partial charge in [0.1, 0.15) is 0 Å². The standard InChI is InChI=1S/C17H22O2.Na/c1-16(2)14(11-12-17(16,3)15(18)19)10-9-13-7-5-4-6-8-13;/h4-10,14H,11-12H2,1-3H3,(H,18,19);/q;+1/p-1/b10-9+;. The van der Waals surface area contributed by atoms with E-state index < -0.39 is 11.4 Å². The van der Waals surface area contributed by atoms with E-state index in [-0.39, 0.29) is 40.9 Å². The second-order valence-electron chi connectivity index (χ2n) is 6.26. The molecule has 0 aliphatic heterocycles. The van der Waals surface area contributed by atoms with Crippen molar-refractivity contribution in [3.8, 4) is 0 Å². The van der Waals surface area contributed by atoms with Crippen LogP contribution in [0, 0.1) is 16.7 Å². The van der Waals surface area contributed by atoms with Crippen molar-refractivity contribution in [2.24, 2.45) is 16.7 Å². The van der Waals surface area contributed by atoms with Crippen LogP contribution in [0.5, 0.6) is 0 Å². The maximum absolute atomic E-state index is 11.4. The van der Waals surface area contributed by atoms with E-state index >= 15 is 0 Å². The van der Waals surface area contributed by atoms with Gasteiger partial charge in [-0.15, -0.1) is 0 Å². The Bertz CT molecular complexity index is 493. The summed E-state index contributed by atoms with van der Waals surface area (Å²) >= 11 is 0. The van der Waals surface area contributed by atoms with Crippen LogP contribution in [0.3, 0.4) is 0 Å². The number of benzene rings is 1. The van der Waals surface area contributed by atoms with Gasteiger partial charge in [-0.2, -0.15) is 0 Å². The van der Waals surface area contributed by atoms with E-state index in [1.165, 1.54) is 0 Å². The van der Waals surface area contributed by atoms with Gasteiger partial charge in [0.25, 0.3) is 0 Å². The Morgan fingerprint density at radius 1 is 1.25 bits per heavy atom. The summed E-state index contributed by atoms with van der Waals surface area (Å²) in [6.07, 6.45) is 5.84. The van der Waals surface area contributed by atoms with E-state index in [1.54, 1.807) is 0 Å². The van der Waals surface area contributed by atoms with Crippen molar-refractivity contribution in [1.29, 1.82) is 0 Å². The van der Waals surface area contributed by atoms with Gasteiger partial charge in [0.05, 0.1) is 0 Å². The Hall–Kier alpha value is -0.570. The minimum atomic E-state index is -0.923. The Balaban J connectivity index is 0.00000200. The summed E-state index contributed by atoms with van der Waals surface area (Å²) in [5.74, 6) is -0.649. The van der Waals surface area contributed by atoms with E-state index in [9.17, 15) is 9.90 Å². The number of carbonyl (C=O) groups excluding carboxylic acids is 1. The molecule has 1 fully saturated rings. The Morgan fingerprint density at radius 3 is 2.35 bits per heavy atom. The molecule has 2 unspecified atom stereocenters. The molecule has 20 heavy (non-hydrogen) atoms. The largest absolute Gasteiger partial charge is 1.00 e. The van der Waals surface area contributed by atoms with Crippen LogP contribution in [0.15, 0.2) is 36.4 Å². The normalized spacial score (nSPS) is 28.2. The first kappa shape index (κ1) is 17.5. The number of carboxylic acid groups (broad SMARTS) is 1. The molecule has 0 radical (unpaired) electrons. The first-order valence-electron chi connectivity index (χ1n) is 6.82. The van der Waals surface area contributed by atoms with Crippen molar-refractivity contribution >= 4 is 12.0 Å². The van der Waals surface area contributed by atoms with Crippen LogP contribution >= 0.6 is 0 Å². The summed E-state index contributed by atoms with van der Waals surface area (Å²) in [6, 6.07) is 10.1. The second kappa shape index (κ2) is 6.46. The van der Waals surface area contributed by atoms with E-state index in [1.807, 2.05) is 39.0 Å². The van der Waals surface area contributed by atoms with Crippen LogP contribution < -0.4 is 34.7 Å². The van der Waals surface area contributed by atoms with Crippen molar-refractivity contribution < 1.29 is 39.5 Å². The topological polar surface area (TPSA) is 40.1 Å². The van der Waals surface area contributed by atoms with Gasteiger partial charge in [-0.25, -0.2) is 0 Å². The molecular formula is C17H21NaO2. The molecule has 0 heterocycles. The van der Waals surface area contributed by atoms with Crippen molar-refractivity contribution in [3.05, 3.63) is 42.0 Å². The Morgan fingerprint density at radius 2 is 1.85 bits per heavy atom. The quantitative estimate of drug-likeness (QED) is 0.725.